The van der Waals surface area contributed by atoms with Crippen molar-refractivity contribution in [2.75, 3.05) is 7.11 Å². The summed E-state index contributed by atoms with van der Waals surface area (Å²) >= 11 is 0. The van der Waals surface area contributed by atoms with Gasteiger partial charge in [0, 0.05) is 0 Å². The van der Waals surface area contributed by atoms with Crippen LogP contribution < -0.4 is 0 Å². The lowest BCUT2D eigenvalue weighted by Crippen LogP contribution is -2.08. The Morgan fingerprint density at radius 2 is 2.27 bits per heavy atom. The van der Waals surface area contributed by atoms with Crippen LogP contribution in [0, 0.1) is 5.82 Å². The molecule has 1 atom stereocenters. The van der Waals surface area contributed by atoms with Crippen molar-refractivity contribution in [2.24, 2.45) is 0 Å². The Morgan fingerprint density at radius 3 is 2.80 bits per heavy atom. The van der Waals surface area contributed by atoms with Gasteiger partial charge in [0.05, 0.1) is 13.5 Å². The third kappa shape index (κ3) is 3.35. The molecule has 15 heavy (non-hydrogen) atoms. The van der Waals surface area contributed by atoms with Crippen LogP contribution in [0.1, 0.15) is 31.2 Å². The van der Waals surface area contributed by atoms with Crippen molar-refractivity contribution in [3.05, 3.63) is 35.6 Å². The van der Waals surface area contributed by atoms with Gasteiger partial charge in [-0.15, -0.1) is 0 Å². The summed E-state index contributed by atoms with van der Waals surface area (Å²) in [5.41, 5.74) is 0.850. The lowest BCUT2D eigenvalue weighted by Gasteiger charge is -2.13. The molecule has 0 amide bonds. The Balaban J connectivity index is 2.78. The third-order valence-corrected chi connectivity index (χ3v) is 2.45. The molecule has 0 spiro atoms. The number of ether oxygens (including phenoxy) is 1. The van der Waals surface area contributed by atoms with Crippen molar-refractivity contribution in [3.63, 3.8) is 0 Å². The van der Waals surface area contributed by atoms with E-state index in [-0.39, 0.29) is 17.7 Å². The highest BCUT2D eigenvalue weighted by Crippen LogP contribution is 2.24. The van der Waals surface area contributed by atoms with Gasteiger partial charge in [-0.3, -0.25) is 4.79 Å². The Hall–Kier alpha value is -1.38. The van der Waals surface area contributed by atoms with Crippen LogP contribution in [0.25, 0.3) is 0 Å². The third-order valence-electron chi connectivity index (χ3n) is 2.45. The molecule has 1 rings (SSSR count). The predicted octanol–water partition coefficient (Wildman–Crippen LogP) is 2.88. The number of esters is 1. The first-order valence-electron chi connectivity index (χ1n) is 4.99. The molecule has 0 aliphatic rings. The van der Waals surface area contributed by atoms with Crippen LogP contribution in [-0.4, -0.2) is 13.1 Å². The fraction of sp³-hybridized carbons (Fsp3) is 0.417. The van der Waals surface area contributed by atoms with Crippen molar-refractivity contribution in [3.8, 4) is 0 Å². The molecule has 0 saturated heterocycles. The normalized spacial score (nSPS) is 12.2. The van der Waals surface area contributed by atoms with E-state index >= 15 is 0 Å². The summed E-state index contributed by atoms with van der Waals surface area (Å²) < 4.78 is 17.6. The molecule has 82 valence electrons. The van der Waals surface area contributed by atoms with Crippen LogP contribution in [0.3, 0.4) is 0 Å². The van der Waals surface area contributed by atoms with Crippen LogP contribution in [0.15, 0.2) is 24.3 Å². The summed E-state index contributed by atoms with van der Waals surface area (Å²) in [7, 11) is 1.36. The van der Waals surface area contributed by atoms with Crippen LogP contribution in [-0.2, 0) is 9.53 Å². The Labute approximate surface area is 89.1 Å². The van der Waals surface area contributed by atoms with E-state index in [1.165, 1.54) is 19.2 Å². The smallest absolute Gasteiger partial charge is 0.306 e. The standard InChI is InChI=1S/C12H15FO2/c1-3-9(8-12(14)15-2)10-5-4-6-11(13)7-10/h4-7,9H,3,8H2,1-2H3/t9-/m0/s1. The number of rotatable bonds is 4. The SMILES string of the molecule is CC[C@@H](CC(=O)OC)c1cccc(F)c1. The molecule has 0 bridgehead atoms. The van der Waals surface area contributed by atoms with Gasteiger partial charge in [0.2, 0.25) is 0 Å². The first kappa shape index (κ1) is 11.7. The molecule has 1 aromatic carbocycles. The molecule has 0 aliphatic heterocycles. The van der Waals surface area contributed by atoms with E-state index in [0.717, 1.165) is 12.0 Å². The highest BCUT2D eigenvalue weighted by Gasteiger charge is 2.14. The van der Waals surface area contributed by atoms with Gasteiger partial charge in [-0.2, -0.15) is 0 Å². The van der Waals surface area contributed by atoms with Gasteiger partial charge < -0.3 is 4.74 Å². The summed E-state index contributed by atoms with van der Waals surface area (Å²) in [5, 5.41) is 0. The number of halogens is 1. The highest BCUT2D eigenvalue weighted by molar-refractivity contribution is 5.70. The van der Waals surface area contributed by atoms with Crippen LogP contribution in [0.2, 0.25) is 0 Å². The van der Waals surface area contributed by atoms with Crippen LogP contribution in [0.5, 0.6) is 0 Å². The second kappa shape index (κ2) is 5.49. The Morgan fingerprint density at radius 1 is 1.53 bits per heavy atom. The van der Waals surface area contributed by atoms with E-state index in [1.807, 2.05) is 13.0 Å². The van der Waals surface area contributed by atoms with E-state index in [4.69, 9.17) is 0 Å². The first-order chi connectivity index (χ1) is 7.17. The van der Waals surface area contributed by atoms with Gasteiger partial charge in [-0.1, -0.05) is 19.1 Å². The maximum absolute atomic E-state index is 13.0. The molecule has 0 unspecified atom stereocenters. The predicted molar refractivity (Wildman–Crippen MR) is 56.1 cm³/mol. The minimum atomic E-state index is -0.268. The molecule has 0 saturated carbocycles. The van der Waals surface area contributed by atoms with Crippen molar-refractivity contribution < 1.29 is 13.9 Å². The second-order valence-corrected chi connectivity index (χ2v) is 3.44. The maximum Gasteiger partial charge on any atom is 0.306 e. The zero-order valence-electron chi connectivity index (χ0n) is 9.00. The topological polar surface area (TPSA) is 26.3 Å². The summed E-state index contributed by atoms with van der Waals surface area (Å²) in [6.45, 7) is 1.97. The van der Waals surface area contributed by atoms with Crippen molar-refractivity contribution in [1.29, 1.82) is 0 Å². The molecule has 0 radical (unpaired) electrons. The van der Waals surface area contributed by atoms with Crippen LogP contribution >= 0.6 is 0 Å². The average Bonchev–Trinajstić information content (AvgIpc) is 2.25. The average molecular weight is 210 g/mol. The van der Waals surface area contributed by atoms with Crippen molar-refractivity contribution >= 4 is 5.97 Å². The fourth-order valence-electron chi connectivity index (χ4n) is 1.54. The number of benzene rings is 1. The highest BCUT2D eigenvalue weighted by atomic mass is 19.1. The summed E-state index contributed by atoms with van der Waals surface area (Å²) in [4.78, 5) is 11.1. The minimum Gasteiger partial charge on any atom is -0.469 e. The molecule has 1 aromatic rings. The molecule has 0 fully saturated rings. The largest absolute Gasteiger partial charge is 0.469 e. The van der Waals surface area contributed by atoms with E-state index in [9.17, 15) is 9.18 Å². The number of carbonyl (C=O) groups is 1. The minimum absolute atomic E-state index is 0.0353. The summed E-state index contributed by atoms with van der Waals surface area (Å²) in [5.74, 6) is -0.491. The van der Waals surface area contributed by atoms with E-state index in [0.29, 0.717) is 6.42 Å². The molecule has 2 nitrogen and oxygen atoms in total. The Bertz CT molecular complexity index is 336. The van der Waals surface area contributed by atoms with E-state index in [2.05, 4.69) is 4.74 Å². The van der Waals surface area contributed by atoms with Crippen LogP contribution in [0.4, 0.5) is 4.39 Å². The van der Waals surface area contributed by atoms with Gasteiger partial charge >= 0.3 is 5.97 Å². The van der Waals surface area contributed by atoms with E-state index in [1.54, 1.807) is 6.07 Å². The second-order valence-electron chi connectivity index (χ2n) is 3.44. The monoisotopic (exact) mass is 210 g/mol. The van der Waals surface area contributed by atoms with Gasteiger partial charge in [-0.25, -0.2) is 4.39 Å². The molecule has 3 heteroatoms. The van der Waals surface area contributed by atoms with E-state index < -0.39 is 0 Å². The molecule has 0 heterocycles. The van der Waals surface area contributed by atoms with Gasteiger partial charge in [0.1, 0.15) is 5.82 Å². The number of hydrogen-bond donors (Lipinski definition) is 0. The first-order valence-corrected chi connectivity index (χ1v) is 4.99. The van der Waals surface area contributed by atoms with Crippen molar-refractivity contribution in [2.45, 2.75) is 25.7 Å². The number of carbonyl (C=O) groups excluding carboxylic acids is 1. The number of hydrogen-bond acceptors (Lipinski definition) is 2. The molecule has 0 aliphatic carbocycles. The van der Waals surface area contributed by atoms with Gasteiger partial charge in [0.25, 0.3) is 0 Å². The van der Waals surface area contributed by atoms with Gasteiger partial charge in [0.15, 0.2) is 0 Å². The lowest BCUT2D eigenvalue weighted by atomic mass is 9.93. The number of methoxy groups -OCH3 is 1. The maximum atomic E-state index is 13.0. The molecular formula is C12H15FO2. The zero-order valence-corrected chi connectivity index (χ0v) is 9.00. The fourth-order valence-corrected chi connectivity index (χ4v) is 1.54. The Kier molecular flexibility index (Phi) is 4.28. The molecule has 0 N–H and O–H groups in total. The molecular weight excluding hydrogens is 195 g/mol. The quantitative estimate of drug-likeness (QED) is 0.714. The van der Waals surface area contributed by atoms with Gasteiger partial charge in [-0.05, 0) is 30.0 Å². The molecule has 0 aromatic heterocycles. The summed E-state index contributed by atoms with van der Waals surface area (Å²) in [6, 6.07) is 6.36. The zero-order chi connectivity index (χ0) is 11.3. The lowest BCUT2D eigenvalue weighted by molar-refractivity contribution is -0.141. The van der Waals surface area contributed by atoms with Crippen molar-refractivity contribution in [1.82, 2.24) is 0 Å². The summed E-state index contributed by atoms with van der Waals surface area (Å²) in [6.07, 6.45) is 1.09.